The zero-order valence-electron chi connectivity index (χ0n) is 10.3. The maximum Gasteiger partial charge on any atom is 0.331 e. The number of urea groups is 1. The summed E-state index contributed by atoms with van der Waals surface area (Å²) in [7, 11) is 0. The zero-order valence-corrected chi connectivity index (χ0v) is 11.9. The number of nitrogens with zero attached hydrogens (tertiary/aromatic N) is 2. The number of benzene rings is 1. The summed E-state index contributed by atoms with van der Waals surface area (Å²) in [5.74, 6) is -0.546. The minimum absolute atomic E-state index is 0.0884. The van der Waals surface area contributed by atoms with Crippen molar-refractivity contribution in [3.63, 3.8) is 0 Å². The molecule has 3 N–H and O–H groups in total. The van der Waals surface area contributed by atoms with Gasteiger partial charge in [-0.2, -0.15) is 5.01 Å². The molecule has 0 saturated carbocycles. The number of thiocarbonyl (C=S) groups is 1. The van der Waals surface area contributed by atoms with Gasteiger partial charge in [0.2, 0.25) is 0 Å². The lowest BCUT2D eigenvalue weighted by Gasteiger charge is -2.12. The molecule has 8 nitrogen and oxygen atoms in total. The Hall–Kier alpha value is -2.46. The maximum absolute atomic E-state index is 12.0. The van der Waals surface area contributed by atoms with Crippen LogP contribution in [0.25, 0.3) is 6.08 Å². The van der Waals surface area contributed by atoms with Crippen LogP contribution < -0.4 is 11.2 Å². The number of rotatable bonds is 3. The van der Waals surface area contributed by atoms with E-state index in [0.717, 1.165) is 16.8 Å². The molecule has 1 saturated heterocycles. The van der Waals surface area contributed by atoms with Crippen LogP contribution in [0.2, 0.25) is 0 Å². The predicted octanol–water partition coefficient (Wildman–Crippen LogP) is 1.38. The SMILES string of the molecule is NC(=O)NN1C(=O)C(=Cc2cccc([N+](=O)[O-])c2)SC1=S. The number of nitro groups is 1. The summed E-state index contributed by atoms with van der Waals surface area (Å²) in [6.45, 7) is 0. The quantitative estimate of drug-likeness (QED) is 0.375. The van der Waals surface area contributed by atoms with E-state index < -0.39 is 16.9 Å². The highest BCUT2D eigenvalue weighted by atomic mass is 32.2. The van der Waals surface area contributed by atoms with Gasteiger partial charge in [-0.05, 0) is 23.9 Å². The third-order valence-corrected chi connectivity index (χ3v) is 3.70. The van der Waals surface area contributed by atoms with Crippen LogP contribution in [-0.2, 0) is 4.79 Å². The Morgan fingerprint density at radius 2 is 2.24 bits per heavy atom. The number of primary amides is 1. The van der Waals surface area contributed by atoms with Gasteiger partial charge in [0.25, 0.3) is 11.6 Å². The van der Waals surface area contributed by atoms with Crippen molar-refractivity contribution < 1.29 is 14.5 Å². The smallest absolute Gasteiger partial charge is 0.331 e. The molecule has 108 valence electrons. The van der Waals surface area contributed by atoms with E-state index in [1.54, 1.807) is 6.07 Å². The normalized spacial score (nSPS) is 16.4. The number of hydrazine groups is 1. The van der Waals surface area contributed by atoms with Gasteiger partial charge in [0, 0.05) is 12.1 Å². The van der Waals surface area contributed by atoms with Crippen LogP contribution in [0.15, 0.2) is 29.2 Å². The van der Waals surface area contributed by atoms with Gasteiger partial charge >= 0.3 is 6.03 Å². The summed E-state index contributed by atoms with van der Waals surface area (Å²) in [5, 5.41) is 11.6. The number of amides is 3. The molecule has 1 aliphatic rings. The lowest BCUT2D eigenvalue weighted by molar-refractivity contribution is -0.384. The van der Waals surface area contributed by atoms with E-state index in [2.05, 4.69) is 5.43 Å². The Morgan fingerprint density at radius 3 is 2.86 bits per heavy atom. The number of carbonyl (C=O) groups excluding carboxylic acids is 2. The Bertz CT molecular complexity index is 689. The van der Waals surface area contributed by atoms with E-state index in [-0.39, 0.29) is 14.9 Å². The molecule has 0 unspecified atom stereocenters. The van der Waals surface area contributed by atoms with Crippen LogP contribution in [0.5, 0.6) is 0 Å². The fourth-order valence-corrected chi connectivity index (χ4v) is 2.73. The number of nitro benzene ring substituents is 1. The van der Waals surface area contributed by atoms with Crippen molar-refractivity contribution in [2.45, 2.75) is 0 Å². The summed E-state index contributed by atoms with van der Waals surface area (Å²) < 4.78 is 0.121. The summed E-state index contributed by atoms with van der Waals surface area (Å²) in [4.78, 5) is 33.2. The average molecular weight is 324 g/mol. The number of carbonyl (C=O) groups is 2. The van der Waals surface area contributed by atoms with E-state index in [0.29, 0.717) is 5.56 Å². The number of thioether (sulfide) groups is 1. The van der Waals surface area contributed by atoms with Crippen molar-refractivity contribution in [3.8, 4) is 0 Å². The molecule has 3 amide bonds. The van der Waals surface area contributed by atoms with E-state index in [1.807, 2.05) is 0 Å². The highest BCUT2D eigenvalue weighted by Crippen LogP contribution is 2.31. The fourth-order valence-electron chi connectivity index (χ4n) is 1.55. The van der Waals surface area contributed by atoms with Crippen LogP contribution in [0.1, 0.15) is 5.56 Å². The fraction of sp³-hybridized carbons (Fsp3) is 0. The van der Waals surface area contributed by atoms with Crippen LogP contribution in [0.3, 0.4) is 0 Å². The summed E-state index contributed by atoms with van der Waals surface area (Å²) in [5.41, 5.74) is 7.43. The van der Waals surface area contributed by atoms with E-state index in [9.17, 15) is 19.7 Å². The van der Waals surface area contributed by atoms with Crippen molar-refractivity contribution >= 4 is 52.0 Å². The summed E-state index contributed by atoms with van der Waals surface area (Å²) in [6.07, 6.45) is 1.45. The van der Waals surface area contributed by atoms with Gasteiger partial charge in [-0.3, -0.25) is 14.9 Å². The second kappa shape index (κ2) is 5.89. The first-order valence-electron chi connectivity index (χ1n) is 5.47. The molecule has 1 aliphatic heterocycles. The minimum atomic E-state index is -0.914. The van der Waals surface area contributed by atoms with Gasteiger partial charge in [-0.25, -0.2) is 10.2 Å². The lowest BCUT2D eigenvalue weighted by atomic mass is 10.2. The lowest BCUT2D eigenvalue weighted by Crippen LogP contribution is -2.47. The van der Waals surface area contributed by atoms with Gasteiger partial charge in [0.05, 0.1) is 9.83 Å². The largest absolute Gasteiger partial charge is 0.350 e. The molecule has 1 aromatic rings. The van der Waals surface area contributed by atoms with Crippen LogP contribution >= 0.6 is 24.0 Å². The van der Waals surface area contributed by atoms with Crippen molar-refractivity contribution in [2.75, 3.05) is 0 Å². The molecule has 1 heterocycles. The Kier molecular flexibility index (Phi) is 4.19. The summed E-state index contributed by atoms with van der Waals surface area (Å²) in [6, 6.07) is 4.88. The highest BCUT2D eigenvalue weighted by Gasteiger charge is 2.33. The molecule has 21 heavy (non-hydrogen) atoms. The van der Waals surface area contributed by atoms with Gasteiger partial charge in [0.15, 0.2) is 4.32 Å². The Balaban J connectivity index is 2.28. The van der Waals surface area contributed by atoms with E-state index in [4.69, 9.17) is 18.0 Å². The second-order valence-electron chi connectivity index (χ2n) is 3.85. The van der Waals surface area contributed by atoms with E-state index in [1.165, 1.54) is 24.3 Å². The second-order valence-corrected chi connectivity index (χ2v) is 5.52. The predicted molar refractivity (Wildman–Crippen MR) is 80.8 cm³/mol. The van der Waals surface area contributed by atoms with E-state index >= 15 is 0 Å². The number of hydrogen-bond acceptors (Lipinski definition) is 6. The molecular formula is C11H8N4O4S2. The van der Waals surface area contributed by atoms with Crippen molar-refractivity contribution in [1.29, 1.82) is 0 Å². The number of non-ortho nitro benzene ring substituents is 1. The molecule has 0 spiro atoms. The Morgan fingerprint density at radius 1 is 1.52 bits per heavy atom. The average Bonchev–Trinajstić information content (AvgIpc) is 2.66. The van der Waals surface area contributed by atoms with Gasteiger partial charge in [0.1, 0.15) is 0 Å². The van der Waals surface area contributed by atoms with Crippen molar-refractivity contribution in [3.05, 3.63) is 44.8 Å². The van der Waals surface area contributed by atoms with Crippen molar-refractivity contribution in [1.82, 2.24) is 10.4 Å². The molecule has 10 heteroatoms. The van der Waals surface area contributed by atoms with Crippen LogP contribution in [0.4, 0.5) is 10.5 Å². The minimum Gasteiger partial charge on any atom is -0.350 e. The topological polar surface area (TPSA) is 119 Å². The summed E-state index contributed by atoms with van der Waals surface area (Å²) >= 11 is 5.91. The molecule has 1 fully saturated rings. The maximum atomic E-state index is 12.0. The molecule has 1 aromatic carbocycles. The molecule has 0 aliphatic carbocycles. The highest BCUT2D eigenvalue weighted by molar-refractivity contribution is 8.26. The third kappa shape index (κ3) is 3.35. The van der Waals surface area contributed by atoms with Gasteiger partial charge < -0.3 is 5.73 Å². The Labute approximate surface area is 128 Å². The molecule has 0 atom stereocenters. The third-order valence-electron chi connectivity index (χ3n) is 2.39. The molecule has 2 rings (SSSR count). The first kappa shape index (κ1) is 14.9. The van der Waals surface area contributed by atoms with Crippen molar-refractivity contribution in [2.24, 2.45) is 5.73 Å². The number of nitrogens with one attached hydrogen (secondary N) is 1. The zero-order chi connectivity index (χ0) is 15.6. The standard InChI is InChI=1S/C11H8N4O4S2/c12-10(17)13-14-9(16)8(21-11(14)20)5-6-2-1-3-7(4-6)15(18)19/h1-5H,(H3,12,13,17). The molecule has 0 aromatic heterocycles. The van der Waals surface area contributed by atoms with Crippen LogP contribution in [-0.4, -0.2) is 26.2 Å². The monoisotopic (exact) mass is 324 g/mol. The van der Waals surface area contributed by atoms with Gasteiger partial charge in [-0.15, -0.1) is 0 Å². The van der Waals surface area contributed by atoms with Crippen LogP contribution in [0, 0.1) is 10.1 Å². The molecular weight excluding hydrogens is 316 g/mol. The first-order chi connectivity index (χ1) is 9.88. The first-order valence-corrected chi connectivity index (χ1v) is 6.69. The number of hydrogen-bond donors (Lipinski definition) is 2. The molecule has 0 radical (unpaired) electrons. The van der Waals surface area contributed by atoms with Gasteiger partial charge in [-0.1, -0.05) is 23.9 Å². The number of nitrogens with two attached hydrogens (primary N) is 1. The molecule has 0 bridgehead atoms.